The Bertz CT molecular complexity index is 759. The molecule has 0 saturated carbocycles. The first-order valence-electron chi connectivity index (χ1n) is 5.78. The third-order valence-electron chi connectivity index (χ3n) is 2.83. The van der Waals surface area contributed by atoms with Gasteiger partial charge in [0, 0.05) is 5.39 Å². The standard InChI is InChI=1S/C15H11NO3/c17-13-8-4-3-7-12(13)16-9-14-10-5-1-2-6-11(10)15(18)19-14/h1-9,17-18H. The Morgan fingerprint density at radius 1 is 0.895 bits per heavy atom. The van der Waals surface area contributed by atoms with Crippen molar-refractivity contribution in [2.45, 2.75) is 0 Å². The molecule has 0 aliphatic rings. The van der Waals surface area contributed by atoms with Gasteiger partial charge >= 0.3 is 0 Å². The van der Waals surface area contributed by atoms with Crippen molar-refractivity contribution in [3.8, 4) is 11.7 Å². The van der Waals surface area contributed by atoms with Gasteiger partial charge in [0.15, 0.2) is 5.76 Å². The molecule has 2 N–H and O–H groups in total. The van der Waals surface area contributed by atoms with Crippen LogP contribution in [-0.2, 0) is 0 Å². The van der Waals surface area contributed by atoms with Crippen LogP contribution in [0.2, 0.25) is 0 Å². The summed E-state index contributed by atoms with van der Waals surface area (Å²) in [5, 5.41) is 20.7. The minimum atomic E-state index is -0.130. The first-order valence-corrected chi connectivity index (χ1v) is 5.78. The van der Waals surface area contributed by atoms with E-state index in [2.05, 4.69) is 4.99 Å². The van der Waals surface area contributed by atoms with E-state index in [1.807, 2.05) is 18.2 Å². The molecule has 94 valence electrons. The lowest BCUT2D eigenvalue weighted by molar-refractivity contribution is 0.336. The van der Waals surface area contributed by atoms with Crippen LogP contribution in [-0.4, -0.2) is 16.4 Å². The molecule has 0 fully saturated rings. The SMILES string of the molecule is Oc1ccccc1N=Cc1oc(O)c2ccccc12. The van der Waals surface area contributed by atoms with Gasteiger partial charge in [-0.25, -0.2) is 4.99 Å². The molecular weight excluding hydrogens is 242 g/mol. The zero-order valence-electron chi connectivity index (χ0n) is 9.95. The summed E-state index contributed by atoms with van der Waals surface area (Å²) in [6.07, 6.45) is 1.48. The van der Waals surface area contributed by atoms with Crippen LogP contribution in [0.4, 0.5) is 5.69 Å². The maximum Gasteiger partial charge on any atom is 0.290 e. The van der Waals surface area contributed by atoms with Crippen molar-refractivity contribution < 1.29 is 14.6 Å². The molecule has 0 radical (unpaired) electrons. The zero-order valence-corrected chi connectivity index (χ0v) is 9.95. The Balaban J connectivity index is 2.05. The third-order valence-corrected chi connectivity index (χ3v) is 2.83. The number of aromatic hydroxyl groups is 2. The van der Waals surface area contributed by atoms with Crippen molar-refractivity contribution in [3.63, 3.8) is 0 Å². The molecule has 4 heteroatoms. The monoisotopic (exact) mass is 253 g/mol. The summed E-state index contributed by atoms with van der Waals surface area (Å²) in [4.78, 5) is 4.16. The van der Waals surface area contributed by atoms with Crippen LogP contribution in [0, 0.1) is 0 Å². The van der Waals surface area contributed by atoms with E-state index >= 15 is 0 Å². The Labute approximate surface area is 109 Å². The van der Waals surface area contributed by atoms with Gasteiger partial charge in [-0.1, -0.05) is 30.3 Å². The predicted molar refractivity (Wildman–Crippen MR) is 73.2 cm³/mol. The second kappa shape index (κ2) is 4.49. The average Bonchev–Trinajstić information content (AvgIpc) is 2.75. The highest BCUT2D eigenvalue weighted by molar-refractivity contribution is 6.00. The maximum atomic E-state index is 9.67. The summed E-state index contributed by atoms with van der Waals surface area (Å²) in [5.74, 6) is 0.421. The maximum absolute atomic E-state index is 9.67. The van der Waals surface area contributed by atoms with Gasteiger partial charge in [-0.15, -0.1) is 0 Å². The van der Waals surface area contributed by atoms with Gasteiger partial charge in [-0.05, 0) is 18.2 Å². The molecule has 0 atom stereocenters. The lowest BCUT2D eigenvalue weighted by Gasteiger charge is -1.95. The Hall–Kier alpha value is -2.75. The molecule has 0 amide bonds. The number of furan rings is 1. The number of phenols is 1. The zero-order chi connectivity index (χ0) is 13.2. The lowest BCUT2D eigenvalue weighted by atomic mass is 10.2. The number of benzene rings is 2. The first-order chi connectivity index (χ1) is 9.25. The number of para-hydroxylation sites is 2. The van der Waals surface area contributed by atoms with E-state index in [1.54, 1.807) is 30.3 Å². The number of hydrogen-bond acceptors (Lipinski definition) is 4. The molecule has 4 nitrogen and oxygen atoms in total. The normalized spacial score (nSPS) is 11.4. The van der Waals surface area contributed by atoms with Crippen molar-refractivity contribution in [2.24, 2.45) is 4.99 Å². The number of hydrogen-bond donors (Lipinski definition) is 2. The number of nitrogens with zero attached hydrogens (tertiary/aromatic N) is 1. The molecule has 0 unspecified atom stereocenters. The van der Waals surface area contributed by atoms with Crippen LogP contribution in [0.1, 0.15) is 5.76 Å². The van der Waals surface area contributed by atoms with Crippen LogP contribution >= 0.6 is 0 Å². The van der Waals surface area contributed by atoms with Gasteiger partial charge in [0.2, 0.25) is 0 Å². The highest BCUT2D eigenvalue weighted by Gasteiger charge is 2.09. The highest BCUT2D eigenvalue weighted by atomic mass is 16.5. The largest absolute Gasteiger partial charge is 0.506 e. The molecule has 2 aromatic carbocycles. The number of rotatable bonds is 2. The molecule has 0 aliphatic carbocycles. The molecule has 19 heavy (non-hydrogen) atoms. The van der Waals surface area contributed by atoms with E-state index < -0.39 is 0 Å². The smallest absolute Gasteiger partial charge is 0.290 e. The first kappa shape index (κ1) is 11.3. The minimum absolute atomic E-state index is 0.0961. The fourth-order valence-electron chi connectivity index (χ4n) is 1.90. The van der Waals surface area contributed by atoms with Crippen molar-refractivity contribution >= 4 is 22.7 Å². The molecule has 0 saturated heterocycles. The summed E-state index contributed by atoms with van der Waals surface area (Å²) in [7, 11) is 0. The van der Waals surface area contributed by atoms with Gasteiger partial charge in [0.05, 0.1) is 11.6 Å². The number of fused-ring (bicyclic) bond motifs is 1. The summed E-state index contributed by atoms with van der Waals surface area (Å²) >= 11 is 0. The van der Waals surface area contributed by atoms with Crippen molar-refractivity contribution in [3.05, 3.63) is 54.3 Å². The van der Waals surface area contributed by atoms with Crippen LogP contribution in [0.5, 0.6) is 11.7 Å². The van der Waals surface area contributed by atoms with Crippen molar-refractivity contribution in [2.75, 3.05) is 0 Å². The molecule has 3 rings (SSSR count). The third kappa shape index (κ3) is 2.04. The van der Waals surface area contributed by atoms with Crippen LogP contribution in [0.25, 0.3) is 10.8 Å². The lowest BCUT2D eigenvalue weighted by Crippen LogP contribution is -1.77. The summed E-state index contributed by atoms with van der Waals surface area (Å²) in [6, 6.07) is 14.0. The number of phenolic OH excluding ortho intramolecular Hbond substituents is 1. The predicted octanol–water partition coefficient (Wildman–Crippen LogP) is 3.59. The molecule has 0 spiro atoms. The Morgan fingerprint density at radius 2 is 1.58 bits per heavy atom. The second-order valence-corrected chi connectivity index (χ2v) is 4.06. The average molecular weight is 253 g/mol. The molecular formula is C15H11NO3. The van der Waals surface area contributed by atoms with E-state index in [9.17, 15) is 10.2 Å². The highest BCUT2D eigenvalue weighted by Crippen LogP contribution is 2.31. The summed E-state index contributed by atoms with van der Waals surface area (Å²) in [6.45, 7) is 0. The van der Waals surface area contributed by atoms with Gasteiger partial charge in [-0.2, -0.15) is 0 Å². The number of aliphatic imine (C=N–C) groups is 1. The van der Waals surface area contributed by atoms with Crippen LogP contribution in [0.3, 0.4) is 0 Å². The van der Waals surface area contributed by atoms with Gasteiger partial charge < -0.3 is 14.6 Å². The van der Waals surface area contributed by atoms with Crippen molar-refractivity contribution in [1.82, 2.24) is 0 Å². The van der Waals surface area contributed by atoms with Crippen LogP contribution < -0.4 is 0 Å². The summed E-state index contributed by atoms with van der Waals surface area (Å²) < 4.78 is 5.25. The molecule has 1 heterocycles. The van der Waals surface area contributed by atoms with E-state index in [-0.39, 0.29) is 11.7 Å². The van der Waals surface area contributed by atoms with E-state index in [1.165, 1.54) is 6.21 Å². The quantitative estimate of drug-likeness (QED) is 0.686. The Kier molecular flexibility index (Phi) is 2.68. The van der Waals surface area contributed by atoms with Gasteiger partial charge in [0.25, 0.3) is 5.95 Å². The van der Waals surface area contributed by atoms with E-state index in [0.717, 1.165) is 5.39 Å². The Morgan fingerprint density at radius 3 is 2.37 bits per heavy atom. The van der Waals surface area contributed by atoms with Gasteiger partial charge in [-0.3, -0.25) is 0 Å². The van der Waals surface area contributed by atoms with E-state index in [0.29, 0.717) is 16.8 Å². The van der Waals surface area contributed by atoms with Crippen molar-refractivity contribution in [1.29, 1.82) is 0 Å². The fraction of sp³-hybridized carbons (Fsp3) is 0. The molecule has 1 aromatic heterocycles. The fourth-order valence-corrected chi connectivity index (χ4v) is 1.90. The van der Waals surface area contributed by atoms with Gasteiger partial charge in [0.1, 0.15) is 11.4 Å². The van der Waals surface area contributed by atoms with E-state index in [4.69, 9.17) is 4.42 Å². The molecule has 0 bridgehead atoms. The van der Waals surface area contributed by atoms with Crippen LogP contribution in [0.15, 0.2) is 57.9 Å². The molecule has 3 aromatic rings. The topological polar surface area (TPSA) is 66.0 Å². The molecule has 0 aliphatic heterocycles. The summed E-state index contributed by atoms with van der Waals surface area (Å²) in [5.41, 5.74) is 0.447. The minimum Gasteiger partial charge on any atom is -0.506 e. The second-order valence-electron chi connectivity index (χ2n) is 4.06.